The van der Waals surface area contributed by atoms with Crippen LogP contribution in [0, 0.1) is 5.41 Å². The Hall–Kier alpha value is -0.650. The Morgan fingerprint density at radius 2 is 2.19 bits per heavy atom. The highest BCUT2D eigenvalue weighted by molar-refractivity contribution is 5.84. The monoisotopic (exact) mass is 230 g/mol. The van der Waals surface area contributed by atoms with Gasteiger partial charge in [-0.25, -0.2) is 0 Å². The molecule has 5 heteroatoms. The molecule has 0 heterocycles. The zero-order valence-corrected chi connectivity index (χ0v) is 9.95. The van der Waals surface area contributed by atoms with Crippen molar-refractivity contribution in [1.29, 1.82) is 0 Å². The smallest absolute Gasteiger partial charge is 0.230 e. The van der Waals surface area contributed by atoms with E-state index in [1.165, 1.54) is 0 Å². The first-order valence-electron chi connectivity index (χ1n) is 5.79. The lowest BCUT2D eigenvalue weighted by atomic mass is 9.68. The Kier molecular flexibility index (Phi) is 5.18. The third-order valence-corrected chi connectivity index (χ3v) is 3.38. The molecular weight excluding hydrogens is 208 g/mol. The number of amides is 1. The van der Waals surface area contributed by atoms with Crippen LogP contribution in [0.4, 0.5) is 0 Å². The minimum absolute atomic E-state index is 0.0178. The van der Waals surface area contributed by atoms with Gasteiger partial charge in [-0.1, -0.05) is 6.42 Å². The van der Waals surface area contributed by atoms with E-state index in [0.29, 0.717) is 26.2 Å². The average molecular weight is 230 g/mol. The van der Waals surface area contributed by atoms with Crippen LogP contribution in [0.25, 0.3) is 0 Å². The summed E-state index contributed by atoms with van der Waals surface area (Å²) in [6, 6.07) is 0. The largest absolute Gasteiger partial charge is 0.395 e. The van der Waals surface area contributed by atoms with Crippen molar-refractivity contribution in [3.8, 4) is 0 Å². The molecule has 16 heavy (non-hydrogen) atoms. The molecule has 1 aliphatic rings. The number of nitrogens with zero attached hydrogens (tertiary/aromatic N) is 1. The van der Waals surface area contributed by atoms with E-state index < -0.39 is 0 Å². The summed E-state index contributed by atoms with van der Waals surface area (Å²) < 4.78 is 4.96. The molecule has 0 saturated heterocycles. The van der Waals surface area contributed by atoms with E-state index in [1.807, 2.05) is 0 Å². The van der Waals surface area contributed by atoms with E-state index in [4.69, 9.17) is 15.6 Å². The molecule has 0 spiro atoms. The van der Waals surface area contributed by atoms with Gasteiger partial charge in [0, 0.05) is 26.7 Å². The predicted molar refractivity (Wildman–Crippen MR) is 60.9 cm³/mol. The number of carbonyl (C=O) groups is 1. The van der Waals surface area contributed by atoms with Gasteiger partial charge >= 0.3 is 0 Å². The summed E-state index contributed by atoms with van der Waals surface area (Å²) in [6.07, 6.45) is 2.81. The molecule has 1 saturated carbocycles. The van der Waals surface area contributed by atoms with E-state index >= 15 is 0 Å². The highest BCUT2D eigenvalue weighted by atomic mass is 16.5. The Morgan fingerprint density at radius 3 is 2.56 bits per heavy atom. The standard InChI is InChI=1S/C11H22N2O3/c1-16-8-6-13(5-7-14)10(15)11(9-12)3-2-4-11/h14H,2-9,12H2,1H3. The zero-order chi connectivity index (χ0) is 12.0. The van der Waals surface area contributed by atoms with Crippen LogP contribution in [0.2, 0.25) is 0 Å². The van der Waals surface area contributed by atoms with E-state index in [9.17, 15) is 4.79 Å². The quantitative estimate of drug-likeness (QED) is 0.623. The summed E-state index contributed by atoms with van der Waals surface area (Å²) in [5.41, 5.74) is 5.33. The van der Waals surface area contributed by atoms with Gasteiger partial charge in [0.1, 0.15) is 0 Å². The highest BCUT2D eigenvalue weighted by Crippen LogP contribution is 2.41. The first-order valence-corrected chi connectivity index (χ1v) is 5.79. The lowest BCUT2D eigenvalue weighted by molar-refractivity contribution is -0.147. The van der Waals surface area contributed by atoms with Crippen molar-refractivity contribution in [3.05, 3.63) is 0 Å². The van der Waals surface area contributed by atoms with Crippen LogP contribution in [0.3, 0.4) is 0 Å². The molecule has 1 rings (SSSR count). The lowest BCUT2D eigenvalue weighted by Crippen LogP contribution is -2.53. The van der Waals surface area contributed by atoms with Crippen molar-refractivity contribution >= 4 is 5.91 Å². The van der Waals surface area contributed by atoms with E-state index in [0.717, 1.165) is 19.3 Å². The topological polar surface area (TPSA) is 75.8 Å². The van der Waals surface area contributed by atoms with E-state index in [-0.39, 0.29) is 17.9 Å². The molecule has 0 aromatic heterocycles. The van der Waals surface area contributed by atoms with Gasteiger partial charge < -0.3 is 20.5 Å². The van der Waals surface area contributed by atoms with Crippen molar-refractivity contribution in [3.63, 3.8) is 0 Å². The van der Waals surface area contributed by atoms with E-state index in [1.54, 1.807) is 12.0 Å². The Labute approximate surface area is 96.6 Å². The molecular formula is C11H22N2O3. The van der Waals surface area contributed by atoms with Crippen molar-refractivity contribution in [2.24, 2.45) is 11.1 Å². The molecule has 1 aliphatic carbocycles. The van der Waals surface area contributed by atoms with Gasteiger partial charge in [-0.3, -0.25) is 4.79 Å². The van der Waals surface area contributed by atoms with Crippen molar-refractivity contribution in [2.45, 2.75) is 19.3 Å². The minimum atomic E-state index is -0.358. The van der Waals surface area contributed by atoms with Crippen LogP contribution in [0.15, 0.2) is 0 Å². The molecule has 0 aromatic rings. The fourth-order valence-electron chi connectivity index (χ4n) is 2.08. The van der Waals surface area contributed by atoms with Crippen LogP contribution in [-0.4, -0.2) is 55.9 Å². The molecule has 0 unspecified atom stereocenters. The fraction of sp³-hybridized carbons (Fsp3) is 0.909. The second kappa shape index (κ2) is 6.18. The molecule has 0 radical (unpaired) electrons. The summed E-state index contributed by atoms with van der Waals surface area (Å²) in [7, 11) is 1.60. The first kappa shape index (κ1) is 13.4. The maximum Gasteiger partial charge on any atom is 0.230 e. The highest BCUT2D eigenvalue weighted by Gasteiger charge is 2.44. The molecule has 5 nitrogen and oxygen atoms in total. The number of rotatable bonds is 7. The van der Waals surface area contributed by atoms with Crippen LogP contribution in [0.1, 0.15) is 19.3 Å². The number of hydrogen-bond donors (Lipinski definition) is 2. The molecule has 0 aromatic carbocycles. The summed E-state index contributed by atoms with van der Waals surface area (Å²) in [6.45, 7) is 1.77. The summed E-state index contributed by atoms with van der Waals surface area (Å²) in [5.74, 6) is 0.0763. The van der Waals surface area contributed by atoms with Crippen LogP contribution < -0.4 is 5.73 Å². The number of hydrogen-bond acceptors (Lipinski definition) is 4. The lowest BCUT2D eigenvalue weighted by Gasteiger charge is -2.42. The number of aliphatic hydroxyl groups is 1. The number of aliphatic hydroxyl groups excluding tert-OH is 1. The Bertz CT molecular complexity index is 224. The number of methoxy groups -OCH3 is 1. The van der Waals surface area contributed by atoms with Crippen LogP contribution >= 0.6 is 0 Å². The molecule has 0 bridgehead atoms. The predicted octanol–water partition coefficient (Wildman–Crippen LogP) is -0.417. The molecule has 0 aliphatic heterocycles. The maximum atomic E-state index is 12.3. The maximum absolute atomic E-state index is 12.3. The summed E-state index contributed by atoms with van der Waals surface area (Å²) in [4.78, 5) is 13.9. The van der Waals surface area contributed by atoms with Gasteiger partial charge in [0.15, 0.2) is 0 Å². The molecule has 1 amide bonds. The van der Waals surface area contributed by atoms with Crippen molar-refractivity contribution in [1.82, 2.24) is 4.90 Å². The Morgan fingerprint density at radius 1 is 1.50 bits per heavy atom. The second-order valence-electron chi connectivity index (χ2n) is 4.35. The van der Waals surface area contributed by atoms with Crippen LogP contribution in [0.5, 0.6) is 0 Å². The van der Waals surface area contributed by atoms with Gasteiger partial charge in [-0.05, 0) is 12.8 Å². The first-order chi connectivity index (χ1) is 7.70. The number of ether oxygens (including phenoxy) is 1. The third-order valence-electron chi connectivity index (χ3n) is 3.38. The summed E-state index contributed by atoms with van der Waals surface area (Å²) in [5, 5.41) is 8.95. The average Bonchev–Trinajstić information content (AvgIpc) is 2.23. The molecule has 94 valence electrons. The van der Waals surface area contributed by atoms with Gasteiger partial charge in [0.05, 0.1) is 18.6 Å². The van der Waals surface area contributed by atoms with Gasteiger partial charge in [0.25, 0.3) is 0 Å². The Balaban J connectivity index is 2.58. The van der Waals surface area contributed by atoms with Gasteiger partial charge in [0.2, 0.25) is 5.91 Å². The number of carbonyl (C=O) groups excluding carboxylic acids is 1. The second-order valence-corrected chi connectivity index (χ2v) is 4.35. The van der Waals surface area contributed by atoms with Gasteiger partial charge in [-0.2, -0.15) is 0 Å². The zero-order valence-electron chi connectivity index (χ0n) is 9.95. The molecule has 0 atom stereocenters. The fourth-order valence-corrected chi connectivity index (χ4v) is 2.08. The van der Waals surface area contributed by atoms with Gasteiger partial charge in [-0.15, -0.1) is 0 Å². The van der Waals surface area contributed by atoms with Crippen LogP contribution in [-0.2, 0) is 9.53 Å². The normalized spacial score (nSPS) is 17.9. The number of nitrogens with two attached hydrogens (primary N) is 1. The minimum Gasteiger partial charge on any atom is -0.395 e. The molecule has 1 fully saturated rings. The summed E-state index contributed by atoms with van der Waals surface area (Å²) >= 11 is 0. The van der Waals surface area contributed by atoms with Crippen molar-refractivity contribution in [2.75, 3.05) is 40.0 Å². The SMILES string of the molecule is COCCN(CCO)C(=O)C1(CN)CCC1. The van der Waals surface area contributed by atoms with E-state index in [2.05, 4.69) is 0 Å². The van der Waals surface area contributed by atoms with Crippen molar-refractivity contribution < 1.29 is 14.6 Å². The third kappa shape index (κ3) is 2.72. The molecule has 3 N–H and O–H groups in total.